The van der Waals surface area contributed by atoms with Crippen LogP contribution in [0.1, 0.15) is 273 Å². The summed E-state index contributed by atoms with van der Waals surface area (Å²) in [6, 6.07) is 26.6. The molecule has 0 bridgehead atoms. The molecule has 0 aliphatic carbocycles. The van der Waals surface area contributed by atoms with E-state index >= 15 is 0 Å². The minimum absolute atomic E-state index is 0.670. The molecule has 0 saturated heterocycles. The smallest absolute Gasteiger partial charge is 0.128 e. The van der Waals surface area contributed by atoms with Crippen LogP contribution in [-0.4, -0.2) is 39.6 Å². The molecular weight excluding hydrogens is 1050 g/mol. The van der Waals surface area contributed by atoms with Crippen LogP contribution in [0.25, 0.3) is 41.8 Å². The molecule has 0 amide bonds. The minimum atomic E-state index is 0.670. The van der Waals surface area contributed by atoms with Crippen LogP contribution in [0.4, 0.5) is 0 Å². The van der Waals surface area contributed by atoms with Crippen LogP contribution in [0.5, 0.6) is 34.5 Å². The molecule has 0 saturated carbocycles. The van der Waals surface area contributed by atoms with Gasteiger partial charge in [0.1, 0.15) is 34.5 Å². The topological polar surface area (TPSA) is 55.4 Å². The molecular formula is C74H114O6S2. The lowest BCUT2D eigenvalue weighted by atomic mass is 10.1. The van der Waals surface area contributed by atoms with Gasteiger partial charge >= 0.3 is 0 Å². The average Bonchev–Trinajstić information content (AvgIpc) is 4.40. The van der Waals surface area contributed by atoms with Crippen molar-refractivity contribution >= 4 is 22.7 Å². The summed E-state index contributed by atoms with van der Waals surface area (Å²) < 4.78 is 40.3. The Bertz CT molecular complexity index is 2200. The number of unbranched alkanes of at least 4 members (excludes halogenated alkanes) is 30. The normalized spacial score (nSPS) is 11.4. The molecule has 0 N–H and O–H groups in total. The molecule has 8 heteroatoms. The highest BCUT2D eigenvalue weighted by molar-refractivity contribution is 7.19. The first-order chi connectivity index (χ1) is 40.5. The summed E-state index contributed by atoms with van der Waals surface area (Å²) in [6.45, 7) is 17.9. The van der Waals surface area contributed by atoms with E-state index in [0.29, 0.717) is 26.4 Å². The molecule has 0 radical (unpaired) electrons. The number of benzene rings is 3. The monoisotopic (exact) mass is 1160 g/mol. The van der Waals surface area contributed by atoms with Crippen LogP contribution in [0.2, 0.25) is 0 Å². The van der Waals surface area contributed by atoms with Gasteiger partial charge in [-0.3, -0.25) is 0 Å². The third kappa shape index (κ3) is 26.8. The van der Waals surface area contributed by atoms with E-state index in [-0.39, 0.29) is 0 Å². The van der Waals surface area contributed by atoms with Gasteiger partial charge in [0.05, 0.1) is 39.6 Å². The van der Waals surface area contributed by atoms with Gasteiger partial charge in [0.15, 0.2) is 0 Å². The van der Waals surface area contributed by atoms with Crippen molar-refractivity contribution in [2.75, 3.05) is 39.6 Å². The summed E-state index contributed by atoms with van der Waals surface area (Å²) in [7, 11) is 0. The van der Waals surface area contributed by atoms with Crippen LogP contribution in [0.3, 0.4) is 0 Å². The highest BCUT2D eigenvalue weighted by atomic mass is 32.1. The van der Waals surface area contributed by atoms with Gasteiger partial charge in [0, 0.05) is 41.8 Å². The number of hydrogen-bond donors (Lipinski definition) is 0. The van der Waals surface area contributed by atoms with Crippen molar-refractivity contribution in [1.82, 2.24) is 0 Å². The lowest BCUT2D eigenvalue weighted by Gasteiger charge is -2.17. The molecule has 82 heavy (non-hydrogen) atoms. The fourth-order valence-electron chi connectivity index (χ4n) is 10.7. The van der Waals surface area contributed by atoms with Crippen LogP contribution in [-0.2, 0) is 0 Å². The number of thiophene rings is 2. The molecule has 3 aromatic carbocycles. The number of rotatable bonds is 52. The lowest BCUT2D eigenvalue weighted by Crippen LogP contribution is -2.02. The van der Waals surface area contributed by atoms with E-state index in [4.69, 9.17) is 28.4 Å². The summed E-state index contributed by atoms with van der Waals surface area (Å²) in [5.74, 6) is 5.46. The first-order valence-electron chi connectivity index (χ1n) is 34.0. The second-order valence-electron chi connectivity index (χ2n) is 23.2. The van der Waals surface area contributed by atoms with E-state index in [1.807, 2.05) is 0 Å². The van der Waals surface area contributed by atoms with E-state index in [2.05, 4.69) is 114 Å². The highest BCUT2D eigenvalue weighted by Gasteiger charge is 2.22. The Balaban J connectivity index is 1.52. The quantitative estimate of drug-likeness (QED) is 0.0362. The molecule has 0 fully saturated rings. The minimum Gasteiger partial charge on any atom is -0.494 e. The van der Waals surface area contributed by atoms with E-state index < -0.39 is 0 Å². The summed E-state index contributed by atoms with van der Waals surface area (Å²) >= 11 is 3.61. The molecule has 458 valence electrons. The summed E-state index contributed by atoms with van der Waals surface area (Å²) in [5, 5.41) is 0. The third-order valence-corrected chi connectivity index (χ3v) is 18.1. The maximum absolute atomic E-state index is 7.00. The van der Waals surface area contributed by atoms with E-state index in [0.717, 1.165) is 128 Å². The van der Waals surface area contributed by atoms with Crippen LogP contribution in [0.15, 0.2) is 72.8 Å². The Kier molecular flexibility index (Phi) is 37.1. The van der Waals surface area contributed by atoms with Crippen LogP contribution in [0, 0.1) is 0 Å². The predicted octanol–water partition coefficient (Wildman–Crippen LogP) is 24.9. The Hall–Kier alpha value is -4.14. The lowest BCUT2D eigenvalue weighted by molar-refractivity contribution is 0.297. The molecule has 5 aromatic rings. The standard InChI is InChI=1S/C74H114O6S2/c1-7-13-19-25-31-37-51-75-61-43-45-67(77-53-39-33-27-21-15-9-3)63(57-61)71-47-49-73(81-71)65-59-70(80-56-42-36-30-24-18-12-6)66(60-69(65)79-55-41-35-29-23-17-11-5)74-50-48-72(82-74)64-58-62(76-52-38-32-26-20-14-8-2)44-46-68(64)78-54-40-34-28-22-16-10-4/h43-50,57-60H,7-42,51-56H2,1-6H3. The third-order valence-electron chi connectivity index (χ3n) is 15.8. The summed E-state index contributed by atoms with van der Waals surface area (Å²) in [6.07, 6.45) is 44.2. The molecule has 6 nitrogen and oxygen atoms in total. The van der Waals surface area contributed by atoms with Crippen LogP contribution < -0.4 is 28.4 Å². The molecule has 5 rings (SSSR count). The molecule has 0 spiro atoms. The molecule has 2 aromatic heterocycles. The molecule has 0 unspecified atom stereocenters. The van der Waals surface area contributed by atoms with Gasteiger partial charge in [0.25, 0.3) is 0 Å². The first kappa shape index (κ1) is 68.6. The largest absolute Gasteiger partial charge is 0.494 e. The van der Waals surface area contributed by atoms with Gasteiger partial charge in [-0.1, -0.05) is 234 Å². The van der Waals surface area contributed by atoms with Gasteiger partial charge in [-0.25, -0.2) is 0 Å². The Morgan fingerprint density at radius 1 is 0.220 bits per heavy atom. The second kappa shape index (κ2) is 44.4. The zero-order chi connectivity index (χ0) is 57.9. The Morgan fingerprint density at radius 3 is 0.707 bits per heavy atom. The van der Waals surface area contributed by atoms with Crippen molar-refractivity contribution in [2.24, 2.45) is 0 Å². The average molecular weight is 1160 g/mol. The summed E-state index contributed by atoms with van der Waals surface area (Å²) in [5.41, 5.74) is 4.33. The highest BCUT2D eigenvalue weighted by Crippen LogP contribution is 2.49. The fourth-order valence-corrected chi connectivity index (χ4v) is 12.8. The molecule has 0 aliphatic rings. The SMILES string of the molecule is CCCCCCCCOc1ccc(OCCCCCCCC)c(-c2ccc(-c3cc(OCCCCCCCC)c(-c4ccc(-c5cc(OCCCCCCCC)ccc5OCCCCCCCC)s4)cc3OCCCCCCCC)s2)c1. The molecule has 2 heterocycles. The second-order valence-corrected chi connectivity index (χ2v) is 25.4. The van der Waals surface area contributed by atoms with E-state index in [1.165, 1.54) is 193 Å². The van der Waals surface area contributed by atoms with Crippen molar-refractivity contribution in [3.63, 3.8) is 0 Å². The molecule has 0 atom stereocenters. The van der Waals surface area contributed by atoms with Gasteiger partial charge in [-0.15, -0.1) is 22.7 Å². The zero-order valence-corrected chi connectivity index (χ0v) is 54.5. The summed E-state index contributed by atoms with van der Waals surface area (Å²) in [4.78, 5) is 4.63. The van der Waals surface area contributed by atoms with Crippen molar-refractivity contribution < 1.29 is 28.4 Å². The van der Waals surface area contributed by atoms with E-state index in [1.54, 1.807) is 22.7 Å². The Morgan fingerprint density at radius 2 is 0.439 bits per heavy atom. The van der Waals surface area contributed by atoms with Crippen molar-refractivity contribution in [2.45, 2.75) is 273 Å². The van der Waals surface area contributed by atoms with Crippen molar-refractivity contribution in [3.8, 4) is 76.3 Å². The maximum Gasteiger partial charge on any atom is 0.128 e. The van der Waals surface area contributed by atoms with Gasteiger partial charge < -0.3 is 28.4 Å². The van der Waals surface area contributed by atoms with Gasteiger partial charge in [0.2, 0.25) is 0 Å². The van der Waals surface area contributed by atoms with Crippen LogP contribution >= 0.6 is 22.7 Å². The van der Waals surface area contributed by atoms with Crippen molar-refractivity contribution in [3.05, 3.63) is 72.8 Å². The predicted molar refractivity (Wildman–Crippen MR) is 357 cm³/mol. The first-order valence-corrected chi connectivity index (χ1v) is 35.6. The number of hydrogen-bond acceptors (Lipinski definition) is 8. The van der Waals surface area contributed by atoms with E-state index in [9.17, 15) is 0 Å². The van der Waals surface area contributed by atoms with Gasteiger partial charge in [-0.2, -0.15) is 0 Å². The Labute approximate surface area is 509 Å². The maximum atomic E-state index is 7.00. The molecule has 0 aliphatic heterocycles. The number of ether oxygens (including phenoxy) is 6. The van der Waals surface area contributed by atoms with Crippen molar-refractivity contribution in [1.29, 1.82) is 0 Å². The fraction of sp³-hybridized carbons (Fsp3) is 0.649. The van der Waals surface area contributed by atoms with Gasteiger partial charge in [-0.05, 0) is 111 Å². The zero-order valence-electron chi connectivity index (χ0n) is 52.9.